The number of nitrogens with zero attached hydrogens (tertiary/aromatic N) is 2. The fourth-order valence-electron chi connectivity index (χ4n) is 1.71. The van der Waals surface area contributed by atoms with Crippen molar-refractivity contribution in [2.75, 3.05) is 11.9 Å². The minimum absolute atomic E-state index is 0.0391. The molecule has 2 aromatic rings. The van der Waals surface area contributed by atoms with Crippen molar-refractivity contribution in [2.45, 2.75) is 33.1 Å². The Morgan fingerprint density at radius 2 is 2.19 bits per heavy atom. The molecule has 0 saturated heterocycles. The molecule has 1 N–H and O–H groups in total. The number of carbonyl (C=O) groups is 1. The number of nitrogens with one attached hydrogen (secondary N) is 1. The van der Waals surface area contributed by atoms with Gasteiger partial charge in [-0.15, -0.1) is 10.2 Å². The van der Waals surface area contributed by atoms with E-state index in [1.54, 1.807) is 0 Å². The Morgan fingerprint density at radius 3 is 2.86 bits per heavy atom. The first kappa shape index (κ1) is 15.4. The summed E-state index contributed by atoms with van der Waals surface area (Å²) >= 11 is 1.38. The maximum atomic E-state index is 11.8. The standard InChI is InChI=1S/C15H19N3O2S/c1-4-14-17-18-15(21-14)16-13(19)9-20-12-7-5-6-11(8-12)10(2)3/h5-8,10H,4,9H2,1-3H3,(H,16,18,19). The molecule has 0 spiro atoms. The second kappa shape index (κ2) is 7.17. The lowest BCUT2D eigenvalue weighted by atomic mass is 10.0. The van der Waals surface area contributed by atoms with Gasteiger partial charge in [-0.2, -0.15) is 0 Å². The van der Waals surface area contributed by atoms with Gasteiger partial charge in [-0.05, 0) is 30.0 Å². The van der Waals surface area contributed by atoms with E-state index < -0.39 is 0 Å². The van der Waals surface area contributed by atoms with E-state index in [1.165, 1.54) is 16.9 Å². The van der Waals surface area contributed by atoms with E-state index in [2.05, 4.69) is 29.4 Å². The van der Waals surface area contributed by atoms with Gasteiger partial charge in [-0.3, -0.25) is 10.1 Å². The van der Waals surface area contributed by atoms with Crippen molar-refractivity contribution in [3.63, 3.8) is 0 Å². The lowest BCUT2D eigenvalue weighted by molar-refractivity contribution is -0.118. The Kier molecular flexibility index (Phi) is 5.27. The van der Waals surface area contributed by atoms with Crippen molar-refractivity contribution in [2.24, 2.45) is 0 Å². The molecule has 1 aromatic heterocycles. The van der Waals surface area contributed by atoms with Crippen molar-refractivity contribution in [1.29, 1.82) is 0 Å². The SMILES string of the molecule is CCc1nnc(NC(=O)COc2cccc(C(C)C)c2)s1. The van der Waals surface area contributed by atoms with Crippen molar-refractivity contribution < 1.29 is 9.53 Å². The molecule has 112 valence electrons. The number of ether oxygens (including phenoxy) is 1. The van der Waals surface area contributed by atoms with Crippen LogP contribution < -0.4 is 10.1 Å². The maximum absolute atomic E-state index is 11.8. The Morgan fingerprint density at radius 1 is 1.38 bits per heavy atom. The van der Waals surface area contributed by atoms with Gasteiger partial charge in [0.2, 0.25) is 5.13 Å². The topological polar surface area (TPSA) is 64.1 Å². The van der Waals surface area contributed by atoms with Crippen LogP contribution in [-0.2, 0) is 11.2 Å². The summed E-state index contributed by atoms with van der Waals surface area (Å²) < 4.78 is 5.51. The van der Waals surface area contributed by atoms with Crippen molar-refractivity contribution in [1.82, 2.24) is 10.2 Å². The number of rotatable bonds is 6. The number of anilines is 1. The van der Waals surface area contributed by atoms with Crippen molar-refractivity contribution in [3.8, 4) is 5.75 Å². The molecule has 21 heavy (non-hydrogen) atoms. The number of aromatic nitrogens is 2. The number of benzene rings is 1. The molecule has 0 radical (unpaired) electrons. The molecule has 5 nitrogen and oxygen atoms in total. The highest BCUT2D eigenvalue weighted by atomic mass is 32.1. The Balaban J connectivity index is 1.87. The molecule has 0 unspecified atom stereocenters. The minimum Gasteiger partial charge on any atom is -0.484 e. The van der Waals surface area contributed by atoms with Crippen LogP contribution in [0, 0.1) is 0 Å². The molecule has 0 aliphatic carbocycles. The Hall–Kier alpha value is -1.95. The third kappa shape index (κ3) is 4.53. The quantitative estimate of drug-likeness (QED) is 0.890. The van der Waals surface area contributed by atoms with Crippen LogP contribution in [0.5, 0.6) is 5.75 Å². The van der Waals surface area contributed by atoms with Gasteiger partial charge in [0, 0.05) is 0 Å². The second-order valence-electron chi connectivity index (χ2n) is 4.92. The van der Waals surface area contributed by atoms with E-state index >= 15 is 0 Å². The first-order valence-electron chi connectivity index (χ1n) is 6.93. The van der Waals surface area contributed by atoms with Crippen LogP contribution in [0.3, 0.4) is 0 Å². The van der Waals surface area contributed by atoms with E-state index in [9.17, 15) is 4.79 Å². The fraction of sp³-hybridized carbons (Fsp3) is 0.400. The number of hydrogen-bond donors (Lipinski definition) is 1. The van der Waals surface area contributed by atoms with E-state index in [0.717, 1.165) is 11.4 Å². The summed E-state index contributed by atoms with van der Waals surface area (Å²) in [6, 6.07) is 7.78. The van der Waals surface area contributed by atoms with Gasteiger partial charge in [-0.25, -0.2) is 0 Å². The zero-order valence-electron chi connectivity index (χ0n) is 12.4. The fourth-order valence-corrected chi connectivity index (χ4v) is 2.41. The summed E-state index contributed by atoms with van der Waals surface area (Å²) in [6.07, 6.45) is 0.812. The van der Waals surface area contributed by atoms with Gasteiger partial charge in [0.1, 0.15) is 10.8 Å². The molecule has 0 atom stereocenters. The largest absolute Gasteiger partial charge is 0.484 e. The summed E-state index contributed by atoms with van der Waals surface area (Å²) in [5.41, 5.74) is 1.18. The smallest absolute Gasteiger partial charge is 0.264 e. The number of hydrogen-bond acceptors (Lipinski definition) is 5. The van der Waals surface area contributed by atoms with Crippen LogP contribution in [-0.4, -0.2) is 22.7 Å². The summed E-state index contributed by atoms with van der Waals surface area (Å²) in [5, 5.41) is 11.9. The van der Waals surface area contributed by atoms with Gasteiger partial charge in [0.25, 0.3) is 5.91 Å². The zero-order chi connectivity index (χ0) is 15.2. The van der Waals surface area contributed by atoms with Gasteiger partial charge < -0.3 is 4.74 Å². The number of aryl methyl sites for hydroxylation is 1. The molecule has 2 rings (SSSR count). The van der Waals surface area contributed by atoms with Crippen LogP contribution in [0.25, 0.3) is 0 Å². The van der Waals surface area contributed by atoms with Gasteiger partial charge >= 0.3 is 0 Å². The first-order valence-corrected chi connectivity index (χ1v) is 7.75. The first-order chi connectivity index (χ1) is 10.1. The summed E-state index contributed by atoms with van der Waals surface area (Å²) in [4.78, 5) is 11.8. The summed E-state index contributed by atoms with van der Waals surface area (Å²) in [5.74, 6) is 0.892. The van der Waals surface area contributed by atoms with Crippen LogP contribution >= 0.6 is 11.3 Å². The lowest BCUT2D eigenvalue weighted by Gasteiger charge is -2.09. The molecular formula is C15H19N3O2S. The van der Waals surface area contributed by atoms with Crippen molar-refractivity contribution in [3.05, 3.63) is 34.8 Å². The van der Waals surface area contributed by atoms with E-state index in [4.69, 9.17) is 4.74 Å². The molecule has 1 aromatic carbocycles. The van der Waals surface area contributed by atoms with Gasteiger partial charge in [-0.1, -0.05) is 44.2 Å². The molecule has 6 heteroatoms. The normalized spacial score (nSPS) is 10.7. The highest BCUT2D eigenvalue weighted by Crippen LogP contribution is 2.20. The van der Waals surface area contributed by atoms with Gasteiger partial charge in [0.05, 0.1) is 0 Å². The highest BCUT2D eigenvalue weighted by Gasteiger charge is 2.08. The third-order valence-corrected chi connectivity index (χ3v) is 3.89. The average Bonchev–Trinajstić information content (AvgIpc) is 2.93. The van der Waals surface area contributed by atoms with E-state index in [1.807, 2.05) is 31.2 Å². The van der Waals surface area contributed by atoms with E-state index in [0.29, 0.717) is 16.8 Å². The van der Waals surface area contributed by atoms with E-state index in [-0.39, 0.29) is 12.5 Å². The van der Waals surface area contributed by atoms with Crippen LogP contribution in [0.4, 0.5) is 5.13 Å². The molecule has 0 aliphatic rings. The molecule has 0 bridgehead atoms. The van der Waals surface area contributed by atoms with Crippen LogP contribution in [0.2, 0.25) is 0 Å². The zero-order valence-corrected chi connectivity index (χ0v) is 13.2. The molecule has 0 fully saturated rings. The summed E-state index contributed by atoms with van der Waals surface area (Å²) in [6.45, 7) is 6.19. The molecular weight excluding hydrogens is 286 g/mol. The van der Waals surface area contributed by atoms with Gasteiger partial charge in [0.15, 0.2) is 6.61 Å². The molecule has 1 amide bonds. The Bertz CT molecular complexity index is 610. The third-order valence-electron chi connectivity index (χ3n) is 2.91. The monoisotopic (exact) mass is 305 g/mol. The van der Waals surface area contributed by atoms with Crippen molar-refractivity contribution >= 4 is 22.4 Å². The predicted molar refractivity (Wildman–Crippen MR) is 83.9 cm³/mol. The molecule has 0 saturated carbocycles. The highest BCUT2D eigenvalue weighted by molar-refractivity contribution is 7.15. The van der Waals surface area contributed by atoms with Crippen LogP contribution in [0.1, 0.15) is 37.3 Å². The number of amides is 1. The maximum Gasteiger partial charge on any atom is 0.264 e. The minimum atomic E-state index is -0.233. The molecule has 1 heterocycles. The lowest BCUT2D eigenvalue weighted by Crippen LogP contribution is -2.20. The average molecular weight is 305 g/mol. The second-order valence-corrected chi connectivity index (χ2v) is 5.98. The number of carbonyl (C=O) groups excluding carboxylic acids is 1. The summed E-state index contributed by atoms with van der Waals surface area (Å²) in [7, 11) is 0. The van der Waals surface area contributed by atoms with Crippen LogP contribution in [0.15, 0.2) is 24.3 Å². The Labute approximate surface area is 128 Å². The molecule has 0 aliphatic heterocycles. The predicted octanol–water partition coefficient (Wildman–Crippen LogP) is 3.24.